The van der Waals surface area contributed by atoms with Gasteiger partial charge in [-0.3, -0.25) is 0 Å². The van der Waals surface area contributed by atoms with Crippen molar-refractivity contribution in [2.75, 3.05) is 14.2 Å². The topological polar surface area (TPSA) is 105 Å². The molecule has 0 spiro atoms. The maximum atomic E-state index is 11.8. The first kappa shape index (κ1) is 39.8. The summed E-state index contributed by atoms with van der Waals surface area (Å²) in [4.78, 5) is 0. The molecule has 0 amide bonds. The lowest BCUT2D eigenvalue weighted by atomic mass is 9.79. The summed E-state index contributed by atoms with van der Waals surface area (Å²) in [6, 6.07) is 0. The van der Waals surface area contributed by atoms with Gasteiger partial charge in [-0.25, -0.2) is 0 Å². The van der Waals surface area contributed by atoms with Gasteiger partial charge in [0.15, 0.2) is 6.29 Å². The summed E-state index contributed by atoms with van der Waals surface area (Å²) < 4.78 is 45.0. The maximum absolute atomic E-state index is 11.8. The van der Waals surface area contributed by atoms with Crippen LogP contribution in [-0.2, 0) is 33.2 Å². The van der Waals surface area contributed by atoms with Crippen LogP contribution in [0.15, 0.2) is 48.1 Å². The highest BCUT2D eigenvalue weighted by Crippen LogP contribution is 2.49. The molecule has 0 bridgehead atoms. The molecule has 5 heterocycles. The molecule has 5 aliphatic rings. The summed E-state index contributed by atoms with van der Waals surface area (Å²) in [5, 5.41) is 23.1. The zero-order valence-electron chi connectivity index (χ0n) is 32.0. The van der Waals surface area contributed by atoms with Crippen molar-refractivity contribution in [1.29, 1.82) is 0 Å². The van der Waals surface area contributed by atoms with Gasteiger partial charge in [0.1, 0.15) is 6.10 Å². The second kappa shape index (κ2) is 16.7. The van der Waals surface area contributed by atoms with Gasteiger partial charge in [0, 0.05) is 27.1 Å². The average Bonchev–Trinajstić information content (AvgIpc) is 3.33. The Hall–Kier alpha value is -1.40. The van der Waals surface area contributed by atoms with Gasteiger partial charge in [-0.1, -0.05) is 43.4 Å². The first-order chi connectivity index (χ1) is 23.7. The molecule has 5 aliphatic heterocycles. The molecule has 0 saturated carbocycles. The van der Waals surface area contributed by atoms with Gasteiger partial charge in [-0.05, 0) is 110 Å². The summed E-state index contributed by atoms with van der Waals surface area (Å²) in [6.07, 6.45) is 15.5. The van der Waals surface area contributed by atoms with Crippen LogP contribution in [-0.4, -0.2) is 102 Å². The monoisotopic (exact) mass is 702 g/mol. The van der Waals surface area contributed by atoms with E-state index < -0.39 is 29.0 Å². The highest BCUT2D eigenvalue weighted by atomic mass is 16.7. The Morgan fingerprint density at radius 1 is 0.880 bits per heavy atom. The van der Waals surface area contributed by atoms with Crippen LogP contribution >= 0.6 is 0 Å². The quantitative estimate of drug-likeness (QED) is 0.176. The van der Waals surface area contributed by atoms with Crippen LogP contribution < -0.4 is 0 Å². The van der Waals surface area contributed by atoms with E-state index in [2.05, 4.69) is 53.3 Å². The molecule has 5 fully saturated rings. The largest absolute Gasteiger partial charge is 0.390 e. The molecule has 5 rings (SSSR count). The Kier molecular flexibility index (Phi) is 13.3. The third kappa shape index (κ3) is 9.03. The molecular formula is C41H66O9. The Morgan fingerprint density at radius 2 is 1.56 bits per heavy atom. The predicted molar refractivity (Wildman–Crippen MR) is 194 cm³/mol. The number of rotatable bonds is 11. The number of aliphatic hydroxyl groups is 2. The normalized spacial score (nSPS) is 44.4. The number of ether oxygens (including phenoxy) is 7. The third-order valence-corrected chi connectivity index (χ3v) is 12.4. The van der Waals surface area contributed by atoms with Crippen molar-refractivity contribution in [2.45, 2.75) is 190 Å². The minimum absolute atomic E-state index is 0.0605. The van der Waals surface area contributed by atoms with E-state index in [1.807, 2.05) is 19.1 Å². The van der Waals surface area contributed by atoms with Crippen molar-refractivity contribution in [1.82, 2.24) is 0 Å². The SMILES string of the molecule is C=C/C=C\CC[C@@H]1O[C@@H]2CC[C@@]3(C)O[C@H]4[C@H](O)C[C@@]5(C)O[C@@H](CC/C=C(C)/C(C)=C/C(OC)OC)[C@H](C)C[C@H]5O[C@@H]4C[C@H]3O[C@H]2CC[C@@]1(C)O. The minimum Gasteiger partial charge on any atom is -0.390 e. The van der Waals surface area contributed by atoms with Crippen molar-refractivity contribution < 1.29 is 43.4 Å². The van der Waals surface area contributed by atoms with E-state index in [1.54, 1.807) is 20.3 Å². The highest BCUT2D eigenvalue weighted by Gasteiger charge is 2.58. The van der Waals surface area contributed by atoms with Gasteiger partial charge in [0.2, 0.25) is 0 Å². The molecule has 50 heavy (non-hydrogen) atoms. The fourth-order valence-corrected chi connectivity index (χ4v) is 8.97. The van der Waals surface area contributed by atoms with E-state index in [0.717, 1.165) is 56.9 Å². The van der Waals surface area contributed by atoms with Crippen LogP contribution in [0.2, 0.25) is 0 Å². The molecule has 13 atom stereocenters. The van der Waals surface area contributed by atoms with Crippen LogP contribution in [0.3, 0.4) is 0 Å². The smallest absolute Gasteiger partial charge is 0.176 e. The van der Waals surface area contributed by atoms with Crippen LogP contribution in [0, 0.1) is 5.92 Å². The number of aliphatic hydroxyl groups excluding tert-OH is 1. The first-order valence-electron chi connectivity index (χ1n) is 19.1. The van der Waals surface area contributed by atoms with Crippen molar-refractivity contribution in [3.05, 3.63) is 48.1 Å². The van der Waals surface area contributed by atoms with E-state index in [-0.39, 0.29) is 49.0 Å². The maximum Gasteiger partial charge on any atom is 0.176 e. The fraction of sp³-hybridized carbons (Fsp3) is 0.805. The molecule has 0 unspecified atom stereocenters. The summed E-state index contributed by atoms with van der Waals surface area (Å²) >= 11 is 0. The summed E-state index contributed by atoms with van der Waals surface area (Å²) in [5.41, 5.74) is 0.199. The Bertz CT molecular complexity index is 1220. The highest BCUT2D eigenvalue weighted by molar-refractivity contribution is 5.27. The molecule has 0 aromatic carbocycles. The zero-order chi connectivity index (χ0) is 36.3. The van der Waals surface area contributed by atoms with E-state index in [9.17, 15) is 10.2 Å². The molecule has 0 aliphatic carbocycles. The van der Waals surface area contributed by atoms with Gasteiger partial charge in [-0.15, -0.1) is 0 Å². The van der Waals surface area contributed by atoms with Gasteiger partial charge < -0.3 is 43.4 Å². The van der Waals surface area contributed by atoms with Gasteiger partial charge >= 0.3 is 0 Å². The third-order valence-electron chi connectivity index (χ3n) is 12.4. The number of fused-ring (bicyclic) bond motifs is 4. The van der Waals surface area contributed by atoms with Gasteiger partial charge in [0.25, 0.3) is 0 Å². The fourth-order valence-electron chi connectivity index (χ4n) is 8.97. The Balaban J connectivity index is 1.24. The standard InChI is InChI=1S/C41H66O9/c1-10-11-12-13-17-34-39(5,43)20-18-31-32(46-34)19-21-40(6)36(47-31)24-33-38(50-40)29(42)25-41(7)35(48-33)22-28(4)30(49-41)16-14-15-26(2)27(3)23-37(44-8)45-9/h10-12,15,23,28-38,42-43H,1,13-14,16-22,24-25H2,2-9H3/b12-11-,26-15+,27-23+/t28-,29-,30+,31+,32-,33-,34+,35-,36-,38+,39-,40-,41-/m1/s1. The second-order valence-electron chi connectivity index (χ2n) is 16.4. The molecule has 9 nitrogen and oxygen atoms in total. The van der Waals surface area contributed by atoms with Gasteiger partial charge in [0.05, 0.1) is 65.6 Å². The number of allylic oxidation sites excluding steroid dienone is 6. The van der Waals surface area contributed by atoms with E-state index >= 15 is 0 Å². The summed E-state index contributed by atoms with van der Waals surface area (Å²) in [5.74, 6) is 0.305. The van der Waals surface area contributed by atoms with Crippen molar-refractivity contribution in [2.24, 2.45) is 5.92 Å². The number of methoxy groups -OCH3 is 2. The molecule has 2 N–H and O–H groups in total. The van der Waals surface area contributed by atoms with Gasteiger partial charge in [-0.2, -0.15) is 0 Å². The second-order valence-corrected chi connectivity index (χ2v) is 16.4. The molecular weight excluding hydrogens is 636 g/mol. The Labute approximate surface area is 301 Å². The van der Waals surface area contributed by atoms with Crippen LogP contribution in [0.4, 0.5) is 0 Å². The lowest BCUT2D eigenvalue weighted by Gasteiger charge is -2.49. The molecule has 5 saturated heterocycles. The van der Waals surface area contributed by atoms with Crippen LogP contribution in [0.25, 0.3) is 0 Å². The minimum atomic E-state index is -0.924. The summed E-state index contributed by atoms with van der Waals surface area (Å²) in [7, 11) is 3.28. The van der Waals surface area contributed by atoms with Crippen molar-refractivity contribution in [3.63, 3.8) is 0 Å². The lowest BCUT2D eigenvalue weighted by molar-refractivity contribution is -0.273. The molecule has 0 aromatic rings. The summed E-state index contributed by atoms with van der Waals surface area (Å²) in [6.45, 7) is 16.3. The lowest BCUT2D eigenvalue weighted by Crippen LogP contribution is -2.59. The van der Waals surface area contributed by atoms with Crippen LogP contribution in [0.5, 0.6) is 0 Å². The van der Waals surface area contributed by atoms with Crippen LogP contribution in [0.1, 0.15) is 112 Å². The van der Waals surface area contributed by atoms with E-state index in [4.69, 9.17) is 33.2 Å². The zero-order valence-corrected chi connectivity index (χ0v) is 32.0. The molecule has 284 valence electrons. The molecule has 9 heteroatoms. The molecule has 0 aromatic heterocycles. The van der Waals surface area contributed by atoms with E-state index in [1.165, 1.54) is 5.57 Å². The average molecular weight is 703 g/mol. The predicted octanol–water partition coefficient (Wildman–Crippen LogP) is 6.90. The number of hydrogen-bond donors (Lipinski definition) is 2. The van der Waals surface area contributed by atoms with Crippen molar-refractivity contribution in [3.8, 4) is 0 Å². The number of hydrogen-bond acceptors (Lipinski definition) is 9. The van der Waals surface area contributed by atoms with E-state index in [0.29, 0.717) is 25.2 Å². The van der Waals surface area contributed by atoms with Crippen molar-refractivity contribution >= 4 is 0 Å². The first-order valence-corrected chi connectivity index (χ1v) is 19.1. The molecule has 0 radical (unpaired) electrons. The Morgan fingerprint density at radius 3 is 2.28 bits per heavy atom.